The van der Waals surface area contributed by atoms with E-state index in [4.69, 9.17) is 9.47 Å². The Morgan fingerprint density at radius 1 is 1.32 bits per heavy atom. The van der Waals surface area contributed by atoms with E-state index in [-0.39, 0.29) is 12.5 Å². The van der Waals surface area contributed by atoms with Crippen LogP contribution >= 0.6 is 0 Å². The van der Waals surface area contributed by atoms with Gasteiger partial charge in [0.15, 0.2) is 0 Å². The highest BCUT2D eigenvalue weighted by Crippen LogP contribution is 2.07. The molecule has 1 amide bonds. The van der Waals surface area contributed by atoms with Gasteiger partial charge in [-0.2, -0.15) is 0 Å². The molecule has 6 heteroatoms. The second-order valence-electron chi connectivity index (χ2n) is 5.40. The number of methoxy groups -OCH3 is 1. The van der Waals surface area contributed by atoms with Gasteiger partial charge in [0.05, 0.1) is 7.11 Å². The van der Waals surface area contributed by atoms with Crippen molar-refractivity contribution in [3.8, 4) is 0 Å². The summed E-state index contributed by atoms with van der Waals surface area (Å²) in [6, 6.07) is -0.502. The van der Waals surface area contributed by atoms with Crippen LogP contribution in [0.5, 0.6) is 0 Å². The molecule has 0 aromatic rings. The number of likely N-dealkylation sites (N-methyl/N-ethyl adjacent to an activating group) is 1. The molecule has 0 aromatic carbocycles. The maximum Gasteiger partial charge on any atom is 0.407 e. The van der Waals surface area contributed by atoms with Gasteiger partial charge in [0.1, 0.15) is 11.6 Å². The van der Waals surface area contributed by atoms with E-state index in [2.05, 4.69) is 5.32 Å². The molecule has 0 aromatic heterocycles. The molecular weight excluding hydrogens is 248 g/mol. The van der Waals surface area contributed by atoms with Crippen LogP contribution in [-0.2, 0) is 14.3 Å². The van der Waals surface area contributed by atoms with Gasteiger partial charge in [-0.1, -0.05) is 6.92 Å². The van der Waals surface area contributed by atoms with Gasteiger partial charge in [-0.15, -0.1) is 0 Å². The minimum absolute atomic E-state index is 0.165. The second-order valence-corrected chi connectivity index (χ2v) is 5.40. The molecule has 0 saturated carbocycles. The lowest BCUT2D eigenvalue weighted by Gasteiger charge is -2.26. The molecule has 0 aliphatic rings. The molecule has 0 fully saturated rings. The first kappa shape index (κ1) is 17.7. The number of esters is 1. The lowest BCUT2D eigenvalue weighted by atomic mass is 10.2. The number of amides is 1. The van der Waals surface area contributed by atoms with Crippen LogP contribution in [-0.4, -0.2) is 55.9 Å². The van der Waals surface area contributed by atoms with Crippen LogP contribution in [0.1, 0.15) is 34.1 Å². The molecular formula is C13H26N2O4. The van der Waals surface area contributed by atoms with Gasteiger partial charge < -0.3 is 14.8 Å². The van der Waals surface area contributed by atoms with Crippen molar-refractivity contribution in [3.05, 3.63) is 0 Å². The largest absolute Gasteiger partial charge is 0.468 e. The predicted octanol–water partition coefficient (Wildman–Crippen LogP) is 1.39. The summed E-state index contributed by atoms with van der Waals surface area (Å²) >= 11 is 0. The van der Waals surface area contributed by atoms with Crippen molar-refractivity contribution in [2.24, 2.45) is 0 Å². The van der Waals surface area contributed by atoms with E-state index in [0.717, 1.165) is 13.0 Å². The van der Waals surface area contributed by atoms with E-state index < -0.39 is 17.7 Å². The zero-order valence-electron chi connectivity index (χ0n) is 12.8. The average molecular weight is 274 g/mol. The molecule has 1 N–H and O–H groups in total. The van der Waals surface area contributed by atoms with Gasteiger partial charge in [0, 0.05) is 6.54 Å². The van der Waals surface area contributed by atoms with Crippen LogP contribution < -0.4 is 5.32 Å². The summed E-state index contributed by atoms with van der Waals surface area (Å²) in [4.78, 5) is 25.1. The molecule has 0 spiro atoms. The standard InChI is InChI=1S/C13H26N2O4/c1-7-8-15(5)10(11(16)18-6)9-14-12(17)19-13(2,3)4/h10H,7-9H2,1-6H3,(H,14,17). The maximum absolute atomic E-state index is 11.7. The van der Waals surface area contributed by atoms with Crippen LogP contribution in [0.25, 0.3) is 0 Å². The topological polar surface area (TPSA) is 67.9 Å². The van der Waals surface area contributed by atoms with Gasteiger partial charge in [-0.05, 0) is 40.8 Å². The minimum Gasteiger partial charge on any atom is -0.468 e. The fourth-order valence-electron chi connectivity index (χ4n) is 1.56. The number of ether oxygens (including phenoxy) is 2. The number of hydrogen-bond donors (Lipinski definition) is 1. The molecule has 19 heavy (non-hydrogen) atoms. The molecule has 1 atom stereocenters. The van der Waals surface area contributed by atoms with E-state index in [1.54, 1.807) is 20.8 Å². The Hall–Kier alpha value is -1.30. The first-order valence-electron chi connectivity index (χ1n) is 6.46. The molecule has 6 nitrogen and oxygen atoms in total. The minimum atomic E-state index is -0.555. The number of hydrogen-bond acceptors (Lipinski definition) is 5. The van der Waals surface area contributed by atoms with Gasteiger partial charge >= 0.3 is 12.1 Å². The zero-order valence-corrected chi connectivity index (χ0v) is 12.8. The number of rotatable bonds is 6. The van der Waals surface area contributed by atoms with Crippen molar-refractivity contribution in [1.29, 1.82) is 0 Å². The van der Waals surface area contributed by atoms with Crippen molar-refractivity contribution in [2.45, 2.75) is 45.8 Å². The third-order valence-electron chi connectivity index (χ3n) is 2.42. The normalized spacial score (nSPS) is 13.0. The molecule has 0 aliphatic heterocycles. The molecule has 0 heterocycles. The number of nitrogens with one attached hydrogen (secondary N) is 1. The Kier molecular flexibility index (Phi) is 7.44. The number of alkyl carbamates (subject to hydrolysis) is 1. The fourth-order valence-corrected chi connectivity index (χ4v) is 1.56. The zero-order chi connectivity index (χ0) is 15.1. The van der Waals surface area contributed by atoms with Crippen LogP contribution in [0, 0.1) is 0 Å². The SMILES string of the molecule is CCCN(C)C(CNC(=O)OC(C)(C)C)C(=O)OC. The van der Waals surface area contributed by atoms with E-state index in [1.807, 2.05) is 18.9 Å². The first-order valence-corrected chi connectivity index (χ1v) is 6.46. The average Bonchev–Trinajstić information content (AvgIpc) is 2.26. The Bertz CT molecular complexity index is 300. The van der Waals surface area contributed by atoms with E-state index in [9.17, 15) is 9.59 Å². The Morgan fingerprint density at radius 3 is 2.32 bits per heavy atom. The number of carbonyl (C=O) groups excluding carboxylic acids is 2. The highest BCUT2D eigenvalue weighted by Gasteiger charge is 2.25. The Balaban J connectivity index is 4.42. The molecule has 1 unspecified atom stereocenters. The molecule has 0 radical (unpaired) electrons. The third-order valence-corrected chi connectivity index (χ3v) is 2.42. The predicted molar refractivity (Wildman–Crippen MR) is 73.0 cm³/mol. The van der Waals surface area contributed by atoms with E-state index in [0.29, 0.717) is 0 Å². The number of carbonyl (C=O) groups is 2. The molecule has 0 saturated heterocycles. The molecule has 0 bridgehead atoms. The van der Waals surface area contributed by atoms with Crippen molar-refractivity contribution in [1.82, 2.24) is 10.2 Å². The monoisotopic (exact) mass is 274 g/mol. The van der Waals surface area contributed by atoms with Crippen molar-refractivity contribution < 1.29 is 19.1 Å². The Labute approximate surface area is 115 Å². The lowest BCUT2D eigenvalue weighted by Crippen LogP contribution is -2.48. The highest BCUT2D eigenvalue weighted by molar-refractivity contribution is 5.77. The van der Waals surface area contributed by atoms with Crippen LogP contribution in [0.2, 0.25) is 0 Å². The first-order chi connectivity index (χ1) is 8.71. The molecule has 0 aliphatic carbocycles. The van der Waals surface area contributed by atoms with Crippen molar-refractivity contribution in [2.75, 3.05) is 27.2 Å². The fraction of sp³-hybridized carbons (Fsp3) is 0.846. The third kappa shape index (κ3) is 7.66. The summed E-state index contributed by atoms with van der Waals surface area (Å²) in [7, 11) is 3.16. The van der Waals surface area contributed by atoms with Crippen LogP contribution in [0.15, 0.2) is 0 Å². The Morgan fingerprint density at radius 2 is 1.89 bits per heavy atom. The molecule has 112 valence electrons. The van der Waals surface area contributed by atoms with Crippen molar-refractivity contribution >= 4 is 12.1 Å². The smallest absolute Gasteiger partial charge is 0.407 e. The van der Waals surface area contributed by atoms with Gasteiger partial charge in [-0.25, -0.2) is 4.79 Å². The molecule has 0 rings (SSSR count). The van der Waals surface area contributed by atoms with Crippen LogP contribution in [0.3, 0.4) is 0 Å². The summed E-state index contributed by atoms with van der Waals surface area (Å²) in [6.07, 6.45) is 0.377. The summed E-state index contributed by atoms with van der Waals surface area (Å²) in [5, 5.41) is 2.59. The van der Waals surface area contributed by atoms with Gasteiger partial charge in [0.25, 0.3) is 0 Å². The van der Waals surface area contributed by atoms with Crippen molar-refractivity contribution in [3.63, 3.8) is 0 Å². The quantitative estimate of drug-likeness (QED) is 0.741. The number of nitrogens with zero attached hydrogens (tertiary/aromatic N) is 1. The summed E-state index contributed by atoms with van der Waals surface area (Å²) in [5.41, 5.74) is -0.555. The summed E-state index contributed by atoms with van der Waals surface area (Å²) in [6.45, 7) is 8.29. The lowest BCUT2D eigenvalue weighted by molar-refractivity contribution is -0.146. The van der Waals surface area contributed by atoms with Crippen LogP contribution in [0.4, 0.5) is 4.79 Å². The maximum atomic E-state index is 11.7. The van der Waals surface area contributed by atoms with Gasteiger partial charge in [-0.3, -0.25) is 9.69 Å². The van der Waals surface area contributed by atoms with E-state index in [1.165, 1.54) is 7.11 Å². The highest BCUT2D eigenvalue weighted by atomic mass is 16.6. The summed E-state index contributed by atoms with van der Waals surface area (Å²) < 4.78 is 9.86. The summed E-state index contributed by atoms with van der Waals surface area (Å²) in [5.74, 6) is -0.369. The second kappa shape index (κ2) is 7.99. The van der Waals surface area contributed by atoms with Gasteiger partial charge in [0.2, 0.25) is 0 Å². The van der Waals surface area contributed by atoms with E-state index >= 15 is 0 Å².